The fraction of sp³-hybridized carbons (Fsp3) is 0.364. The van der Waals surface area contributed by atoms with E-state index >= 15 is 0 Å². The van der Waals surface area contributed by atoms with E-state index in [0.29, 0.717) is 23.3 Å². The number of hydrogen-bond donors (Lipinski definition) is 1. The molecule has 1 N–H and O–H groups in total. The Kier molecular flexibility index (Phi) is 5.85. The monoisotopic (exact) mass is 421 g/mol. The number of nitrogens with zero attached hydrogens (tertiary/aromatic N) is 5. The Balaban J connectivity index is 1.56. The number of phenols is 1. The number of halogens is 2. The van der Waals surface area contributed by atoms with Crippen LogP contribution in [0.25, 0.3) is 23.2 Å². The second-order valence-corrected chi connectivity index (χ2v) is 7.93. The summed E-state index contributed by atoms with van der Waals surface area (Å²) in [6.07, 6.45) is 6.32. The largest absolute Gasteiger partial charge is 0.507 e. The van der Waals surface area contributed by atoms with Crippen LogP contribution < -0.4 is 0 Å². The van der Waals surface area contributed by atoms with E-state index < -0.39 is 17.7 Å². The minimum Gasteiger partial charge on any atom is -0.507 e. The minimum absolute atomic E-state index is 0.00308. The quantitative estimate of drug-likeness (QED) is 0.618. The molecule has 0 amide bonds. The molecule has 158 valence electrons. The lowest BCUT2D eigenvalue weighted by Crippen LogP contribution is -2.35. The lowest BCUT2D eigenvalue weighted by Gasteiger charge is -2.40. The van der Waals surface area contributed by atoms with E-state index in [4.69, 9.17) is 7.85 Å². The van der Waals surface area contributed by atoms with E-state index in [9.17, 15) is 13.9 Å². The van der Waals surface area contributed by atoms with Crippen LogP contribution in [-0.2, 0) is 0 Å². The molecule has 1 aliphatic rings. The van der Waals surface area contributed by atoms with Crippen molar-refractivity contribution < 1.29 is 13.9 Å². The average Bonchev–Trinajstić information content (AvgIpc) is 3.28. The molecule has 0 spiro atoms. The molecule has 6 nitrogen and oxygen atoms in total. The van der Waals surface area contributed by atoms with Gasteiger partial charge >= 0.3 is 0 Å². The minimum atomic E-state index is -1.41. The SMILES string of the molecule is [B][C@]1(CCC)C/C(=C\c2cnc(-c3ccc(-n4ccnc4)cc3O)nn2)[C@H](F)CC1F. The van der Waals surface area contributed by atoms with Crippen molar-refractivity contribution in [2.75, 3.05) is 0 Å². The average molecular weight is 421 g/mol. The Bertz CT molecular complexity index is 1070. The number of phenolic OH excluding ortho intramolecular Hbond substituents is 1. The highest BCUT2D eigenvalue weighted by atomic mass is 19.1. The normalized spacial score (nSPS) is 25.1. The molecular formula is C22H22BF2N5O. The van der Waals surface area contributed by atoms with Crippen molar-refractivity contribution in [1.29, 1.82) is 0 Å². The van der Waals surface area contributed by atoms with Gasteiger partial charge in [-0.05, 0) is 35.5 Å². The van der Waals surface area contributed by atoms with Gasteiger partial charge in [0.2, 0.25) is 0 Å². The molecule has 4 rings (SSSR count). The van der Waals surface area contributed by atoms with Crippen LogP contribution in [0.1, 0.15) is 38.3 Å². The second-order valence-electron chi connectivity index (χ2n) is 7.93. The molecule has 2 aromatic heterocycles. The van der Waals surface area contributed by atoms with Gasteiger partial charge in [-0.1, -0.05) is 19.8 Å². The van der Waals surface area contributed by atoms with Gasteiger partial charge in [-0.15, -0.1) is 10.2 Å². The first-order valence-corrected chi connectivity index (χ1v) is 10.2. The number of hydrogen-bond acceptors (Lipinski definition) is 5. The van der Waals surface area contributed by atoms with Gasteiger partial charge in [0.25, 0.3) is 0 Å². The van der Waals surface area contributed by atoms with E-state index in [1.165, 1.54) is 6.20 Å². The Morgan fingerprint density at radius 1 is 1.32 bits per heavy atom. The van der Waals surface area contributed by atoms with Crippen LogP contribution in [0.2, 0.25) is 5.31 Å². The number of alkyl halides is 2. The van der Waals surface area contributed by atoms with Gasteiger partial charge in [-0.2, -0.15) is 0 Å². The van der Waals surface area contributed by atoms with Gasteiger partial charge in [-0.3, -0.25) is 0 Å². The van der Waals surface area contributed by atoms with Crippen molar-refractivity contribution in [2.45, 2.75) is 50.3 Å². The molecule has 2 heterocycles. The zero-order chi connectivity index (χ0) is 22.0. The first kappa shape index (κ1) is 21.1. The maximum absolute atomic E-state index is 14.4. The highest BCUT2D eigenvalue weighted by molar-refractivity contribution is 6.16. The topological polar surface area (TPSA) is 76.7 Å². The molecule has 3 aromatic rings. The first-order valence-electron chi connectivity index (χ1n) is 10.2. The zero-order valence-corrected chi connectivity index (χ0v) is 17.1. The molecule has 0 bridgehead atoms. The standard InChI is InChI=1S/C22H22BF2N5O/c1-2-5-22(23)11-14(18(24)10-20(22)25)8-15-12-27-21(29-28-15)17-4-3-16(9-19(17)31)30-7-6-26-13-30/h3-4,6-9,12-13,18,20,31H,2,5,10-11H2,1H3/b14-8+/t18-,20?,22-/m1/s1. The summed E-state index contributed by atoms with van der Waals surface area (Å²) in [4.78, 5) is 8.24. The molecule has 0 aliphatic heterocycles. The molecular weight excluding hydrogens is 399 g/mol. The van der Waals surface area contributed by atoms with Crippen molar-refractivity contribution in [3.63, 3.8) is 0 Å². The Morgan fingerprint density at radius 2 is 2.16 bits per heavy atom. The number of benzene rings is 1. The van der Waals surface area contributed by atoms with Gasteiger partial charge in [-0.25, -0.2) is 18.7 Å². The van der Waals surface area contributed by atoms with Crippen LogP contribution in [0.4, 0.5) is 8.78 Å². The van der Waals surface area contributed by atoms with Crippen molar-refractivity contribution in [1.82, 2.24) is 24.7 Å². The van der Waals surface area contributed by atoms with Crippen LogP contribution >= 0.6 is 0 Å². The number of imidazole rings is 1. The number of aromatic nitrogens is 5. The van der Waals surface area contributed by atoms with Gasteiger partial charge < -0.3 is 9.67 Å². The summed E-state index contributed by atoms with van der Waals surface area (Å²) in [6.45, 7) is 1.93. The number of allylic oxidation sites excluding steroid dienone is 1. The number of rotatable bonds is 5. The summed E-state index contributed by atoms with van der Waals surface area (Å²) in [5.74, 6) is 0.233. The molecule has 1 saturated carbocycles. The van der Waals surface area contributed by atoms with E-state index in [1.807, 2.05) is 6.92 Å². The lowest BCUT2D eigenvalue weighted by atomic mass is 9.55. The van der Waals surface area contributed by atoms with E-state index in [1.54, 1.807) is 47.6 Å². The predicted octanol–water partition coefficient (Wildman–Crippen LogP) is 4.41. The highest BCUT2D eigenvalue weighted by Crippen LogP contribution is 2.49. The van der Waals surface area contributed by atoms with Crippen molar-refractivity contribution in [3.05, 3.63) is 54.4 Å². The fourth-order valence-electron chi connectivity index (χ4n) is 3.97. The summed E-state index contributed by atoms with van der Waals surface area (Å²) < 4.78 is 30.5. The first-order chi connectivity index (χ1) is 14.9. The van der Waals surface area contributed by atoms with Crippen molar-refractivity contribution in [3.8, 4) is 22.8 Å². The van der Waals surface area contributed by atoms with Crippen LogP contribution in [0.3, 0.4) is 0 Å². The van der Waals surface area contributed by atoms with Crippen molar-refractivity contribution >= 4 is 13.9 Å². The van der Waals surface area contributed by atoms with Gasteiger partial charge in [0, 0.05) is 24.9 Å². The Labute approximate surface area is 180 Å². The molecule has 1 fully saturated rings. The van der Waals surface area contributed by atoms with Crippen LogP contribution in [0.5, 0.6) is 5.75 Å². The fourth-order valence-corrected chi connectivity index (χ4v) is 3.97. The Hall–Kier alpha value is -3.10. The summed E-state index contributed by atoms with van der Waals surface area (Å²) in [5.41, 5.74) is 1.91. The summed E-state index contributed by atoms with van der Waals surface area (Å²) >= 11 is 0. The summed E-state index contributed by atoms with van der Waals surface area (Å²) in [5, 5.41) is 17.5. The lowest BCUT2D eigenvalue weighted by molar-refractivity contribution is 0.145. The second kappa shape index (κ2) is 8.57. The third-order valence-electron chi connectivity index (χ3n) is 5.63. The predicted molar refractivity (Wildman–Crippen MR) is 114 cm³/mol. The van der Waals surface area contributed by atoms with E-state index in [-0.39, 0.29) is 24.4 Å². The summed E-state index contributed by atoms with van der Waals surface area (Å²) in [6, 6.07) is 5.06. The van der Waals surface area contributed by atoms with Crippen molar-refractivity contribution in [2.24, 2.45) is 0 Å². The van der Waals surface area contributed by atoms with Gasteiger partial charge in [0.1, 0.15) is 23.8 Å². The number of aromatic hydroxyl groups is 1. The third kappa shape index (κ3) is 4.35. The Morgan fingerprint density at radius 3 is 2.81 bits per heavy atom. The molecule has 3 atom stereocenters. The molecule has 1 aromatic carbocycles. The molecule has 31 heavy (non-hydrogen) atoms. The van der Waals surface area contributed by atoms with Gasteiger partial charge in [0.05, 0.1) is 31.6 Å². The maximum Gasteiger partial charge on any atom is 0.185 e. The molecule has 9 heteroatoms. The molecule has 1 aliphatic carbocycles. The molecule has 2 radical (unpaired) electrons. The zero-order valence-electron chi connectivity index (χ0n) is 17.1. The van der Waals surface area contributed by atoms with Crippen LogP contribution in [0.15, 0.2) is 48.7 Å². The van der Waals surface area contributed by atoms with Gasteiger partial charge in [0.15, 0.2) is 5.82 Å². The third-order valence-corrected chi connectivity index (χ3v) is 5.63. The molecule has 0 saturated heterocycles. The van der Waals surface area contributed by atoms with E-state index in [0.717, 1.165) is 12.1 Å². The smallest absolute Gasteiger partial charge is 0.185 e. The maximum atomic E-state index is 14.4. The summed E-state index contributed by atoms with van der Waals surface area (Å²) in [7, 11) is 6.22. The van der Waals surface area contributed by atoms with E-state index in [2.05, 4.69) is 20.2 Å². The molecule has 1 unspecified atom stereocenters. The van der Waals surface area contributed by atoms with Crippen LogP contribution in [0, 0.1) is 0 Å². The highest BCUT2D eigenvalue weighted by Gasteiger charge is 2.41. The van der Waals surface area contributed by atoms with Crippen LogP contribution in [-0.4, -0.2) is 50.0 Å².